The molecule has 0 spiro atoms. The number of amides is 2. The second-order valence-electron chi connectivity index (χ2n) is 9.98. The molecule has 2 amide bonds. The van der Waals surface area contributed by atoms with E-state index in [9.17, 15) is 22.6 Å². The Bertz CT molecular complexity index is 1600. The third-order valence-corrected chi connectivity index (χ3v) is 7.50. The highest BCUT2D eigenvalue weighted by atomic mass is 32.3. The minimum atomic E-state index is -5.19. The van der Waals surface area contributed by atoms with Crippen LogP contribution >= 0.6 is 11.3 Å². The van der Waals surface area contributed by atoms with Crippen molar-refractivity contribution in [1.82, 2.24) is 20.0 Å². The molecule has 1 saturated heterocycles. The number of nitrogen functional groups attached to an aromatic ring is 1. The molecule has 18 heteroatoms. The molecule has 16 nitrogen and oxygen atoms in total. The van der Waals surface area contributed by atoms with Crippen LogP contribution in [0.4, 0.5) is 5.13 Å². The Kier molecular flexibility index (Phi) is 9.65. The van der Waals surface area contributed by atoms with Crippen LogP contribution in [0.2, 0.25) is 0 Å². The number of carbonyl (C=O) groups is 2. The lowest BCUT2D eigenvalue weighted by Crippen LogP contribution is -2.76. The summed E-state index contributed by atoms with van der Waals surface area (Å²) in [5, 5.41) is 8.37. The quantitative estimate of drug-likeness (QED) is 0.0395. The molecule has 1 unspecified atom stereocenters. The lowest BCUT2D eigenvalue weighted by atomic mass is 9.84. The number of ether oxygens (including phenoxy) is 1. The van der Waals surface area contributed by atoms with E-state index >= 15 is 0 Å². The number of hydroxylamine groups is 2. The van der Waals surface area contributed by atoms with Gasteiger partial charge in [-0.25, -0.2) is 13.4 Å². The van der Waals surface area contributed by atoms with E-state index in [-0.39, 0.29) is 29.8 Å². The molecule has 1 aliphatic heterocycles. The first-order valence-corrected chi connectivity index (χ1v) is 15.2. The molecule has 43 heavy (non-hydrogen) atoms. The zero-order valence-electron chi connectivity index (χ0n) is 23.6. The Labute approximate surface area is 251 Å². The maximum atomic E-state index is 13.1. The first-order chi connectivity index (χ1) is 20.3. The Morgan fingerprint density at radius 2 is 1.98 bits per heavy atom. The van der Waals surface area contributed by atoms with Gasteiger partial charge < -0.3 is 30.9 Å². The number of hydrogen-bond acceptors (Lipinski definition) is 13. The van der Waals surface area contributed by atoms with E-state index in [4.69, 9.17) is 21.0 Å². The molecule has 0 saturated carbocycles. The van der Waals surface area contributed by atoms with Gasteiger partial charge in [0.2, 0.25) is 16.6 Å². The van der Waals surface area contributed by atoms with Crippen molar-refractivity contribution in [1.29, 1.82) is 0 Å². The molecule has 5 N–H and O–H groups in total. The molecule has 3 heterocycles. The lowest BCUT2D eigenvalue weighted by Gasteiger charge is -2.51. The van der Waals surface area contributed by atoms with Crippen molar-refractivity contribution in [2.24, 2.45) is 17.9 Å². The van der Waals surface area contributed by atoms with Crippen LogP contribution in [0, 0.1) is 0 Å². The van der Waals surface area contributed by atoms with Gasteiger partial charge in [0.25, 0.3) is 11.8 Å². The molecular weight excluding hydrogens is 604 g/mol. The van der Waals surface area contributed by atoms with Crippen molar-refractivity contribution in [2.45, 2.75) is 38.4 Å². The maximum Gasteiger partial charge on any atom is 0.276 e. The molecule has 2 aromatic heterocycles. The van der Waals surface area contributed by atoms with Gasteiger partial charge in [0, 0.05) is 5.38 Å². The van der Waals surface area contributed by atoms with Crippen molar-refractivity contribution >= 4 is 44.4 Å². The monoisotopic (exact) mass is 636 g/mol. The number of β-lactam (4-membered cyclic amide) rings is 1. The molecule has 1 aliphatic rings. The number of thiazole rings is 1. The lowest BCUT2D eigenvalue weighted by molar-refractivity contribution is -0.753. The van der Waals surface area contributed by atoms with Gasteiger partial charge >= 0.3 is 0 Å². The van der Waals surface area contributed by atoms with Crippen LogP contribution < -0.4 is 26.2 Å². The summed E-state index contributed by atoms with van der Waals surface area (Å²) in [5.74, 6) is -1.18. The van der Waals surface area contributed by atoms with E-state index in [1.54, 1.807) is 0 Å². The van der Waals surface area contributed by atoms with Crippen LogP contribution in [-0.2, 0) is 42.7 Å². The van der Waals surface area contributed by atoms with Gasteiger partial charge in [-0.1, -0.05) is 17.3 Å². The number of carbonyl (C=O) groups excluding carboxylic acids is 2. The van der Waals surface area contributed by atoms with Crippen molar-refractivity contribution in [3.63, 3.8) is 0 Å². The second-order valence-corrected chi connectivity index (χ2v) is 11.8. The van der Waals surface area contributed by atoms with Gasteiger partial charge in [-0.15, -0.1) is 16.0 Å². The summed E-state index contributed by atoms with van der Waals surface area (Å²) in [6.07, 6.45) is 4.98. The Morgan fingerprint density at radius 1 is 1.26 bits per heavy atom. The number of oxime groups is 1. The van der Waals surface area contributed by atoms with E-state index < -0.39 is 33.8 Å². The summed E-state index contributed by atoms with van der Waals surface area (Å²) in [6, 6.07) is 6.31. The predicted molar refractivity (Wildman–Crippen MR) is 153 cm³/mol. The van der Waals surface area contributed by atoms with Crippen LogP contribution in [0.5, 0.6) is 5.75 Å². The number of hydrogen-bond donors (Lipinski definition) is 3. The summed E-state index contributed by atoms with van der Waals surface area (Å²) in [7, 11) is -3.22. The average Bonchev–Trinajstić information content (AvgIpc) is 3.55. The highest BCUT2D eigenvalue weighted by molar-refractivity contribution is 7.80. The number of nitrogens with two attached hydrogens (primary N) is 2. The van der Waals surface area contributed by atoms with E-state index in [0.717, 1.165) is 35.4 Å². The van der Waals surface area contributed by atoms with Crippen LogP contribution in [0.15, 0.2) is 47.2 Å². The minimum Gasteiger partial charge on any atom is -0.724 e. The molecule has 0 radical (unpaired) electrons. The number of aromatic nitrogens is 3. The number of rotatable bonds is 14. The molecule has 0 bridgehead atoms. The van der Waals surface area contributed by atoms with Crippen molar-refractivity contribution in [3.8, 4) is 16.9 Å². The zero-order valence-corrected chi connectivity index (χ0v) is 25.3. The first kappa shape index (κ1) is 31.8. The standard InChI is InChI=1S/C25H32N8O8S2/c1-25(2)21(23(35)33(25)41-43(36,37)38)29-22(34)20(19-15-42-24(27)28-19)30-40-12-11-39-18-7-5-16(6-8-18)17-13-31(3)32(14-17)10-4-9-26/h5-8,13-15,21H,4,9-12,26H2,1-3H3,(H3-,27,28,29,34,36,37,38). The minimum absolute atomic E-state index is 0.0329. The molecule has 1 fully saturated rings. The fraction of sp³-hybridized carbons (Fsp3) is 0.400. The van der Waals surface area contributed by atoms with Crippen molar-refractivity contribution < 1.29 is 41.1 Å². The van der Waals surface area contributed by atoms with Crippen LogP contribution in [0.3, 0.4) is 0 Å². The highest BCUT2D eigenvalue weighted by Gasteiger charge is 2.57. The van der Waals surface area contributed by atoms with Crippen LogP contribution in [0.25, 0.3) is 11.1 Å². The SMILES string of the molecule is C[n+]1cc(-c2ccc(OCCON=C(C(=O)NC3C(=O)N(OS(=O)(=O)[O-])C3(C)C)c3csc(N)n3)cc2)cn1CCCN. The number of benzene rings is 1. The maximum absolute atomic E-state index is 13.1. The average molecular weight is 637 g/mol. The fourth-order valence-corrected chi connectivity index (χ4v) is 5.25. The van der Waals surface area contributed by atoms with Crippen molar-refractivity contribution in [2.75, 3.05) is 25.5 Å². The van der Waals surface area contributed by atoms with Gasteiger partial charge in [0.15, 0.2) is 24.5 Å². The zero-order chi connectivity index (χ0) is 31.4. The van der Waals surface area contributed by atoms with E-state index in [1.807, 2.05) is 42.2 Å². The van der Waals surface area contributed by atoms with Gasteiger partial charge in [0.05, 0.1) is 23.8 Å². The van der Waals surface area contributed by atoms with Crippen molar-refractivity contribution in [3.05, 3.63) is 47.7 Å². The Morgan fingerprint density at radius 3 is 2.58 bits per heavy atom. The van der Waals surface area contributed by atoms with Gasteiger partial charge in [-0.05, 0) is 44.5 Å². The van der Waals surface area contributed by atoms with E-state index in [2.05, 4.69) is 30.6 Å². The fourth-order valence-electron chi connectivity index (χ4n) is 4.25. The van der Waals surface area contributed by atoms with Gasteiger partial charge in [0.1, 0.15) is 24.1 Å². The predicted octanol–water partition coefficient (Wildman–Crippen LogP) is -0.336. The molecule has 1 atom stereocenters. The number of aryl methyl sites for hydroxylation is 2. The van der Waals surface area contributed by atoms with Gasteiger partial charge in [-0.2, -0.15) is 14.0 Å². The summed E-state index contributed by atoms with van der Waals surface area (Å²) in [4.78, 5) is 34.8. The molecular formula is C25H32N8O8S2. The smallest absolute Gasteiger partial charge is 0.276 e. The largest absolute Gasteiger partial charge is 0.724 e. The molecule has 1 aromatic carbocycles. The highest BCUT2D eigenvalue weighted by Crippen LogP contribution is 2.33. The third-order valence-electron chi connectivity index (χ3n) is 6.50. The topological polar surface area (TPSA) is 220 Å². The summed E-state index contributed by atoms with van der Waals surface area (Å²) < 4.78 is 46.8. The van der Waals surface area contributed by atoms with Crippen LogP contribution in [-0.4, -0.2) is 76.6 Å². The third kappa shape index (κ3) is 7.65. The second kappa shape index (κ2) is 13.0. The molecule has 3 aromatic rings. The summed E-state index contributed by atoms with van der Waals surface area (Å²) in [6.45, 7) is 4.33. The number of nitrogens with zero attached hydrogens (tertiary/aromatic N) is 5. The molecule has 232 valence electrons. The van der Waals surface area contributed by atoms with Gasteiger partial charge in [-0.3, -0.25) is 9.59 Å². The Balaban J connectivity index is 1.34. The molecule has 4 rings (SSSR count). The molecule has 0 aliphatic carbocycles. The summed E-state index contributed by atoms with van der Waals surface area (Å²) >= 11 is 1.06. The Hall–Kier alpha value is -4.10. The van der Waals surface area contributed by atoms with Crippen LogP contribution in [0.1, 0.15) is 26.0 Å². The first-order valence-electron chi connectivity index (χ1n) is 13.0. The van der Waals surface area contributed by atoms with E-state index in [0.29, 0.717) is 17.4 Å². The summed E-state index contributed by atoms with van der Waals surface area (Å²) in [5.41, 5.74) is 11.9. The number of nitrogens with one attached hydrogen (secondary N) is 1. The van der Waals surface area contributed by atoms with E-state index in [1.165, 1.54) is 19.2 Å². The normalized spacial score (nSPS) is 16.6. The number of anilines is 1.